The average Bonchev–Trinajstić information content (AvgIpc) is 3.34. The molecule has 3 aromatic rings. The number of ether oxygens (including phenoxy) is 2. The lowest BCUT2D eigenvalue weighted by atomic mass is 9.86. The van der Waals surface area contributed by atoms with E-state index in [1.54, 1.807) is 11.9 Å². The molecule has 1 fully saturated rings. The number of para-hydroxylation sites is 1. The van der Waals surface area contributed by atoms with Crippen LogP contribution in [0.15, 0.2) is 42.5 Å². The second-order valence-electron chi connectivity index (χ2n) is 7.79. The number of nitrogens with one attached hydrogen (secondary N) is 1. The molecule has 2 amide bonds. The Labute approximate surface area is 166 Å². The molecule has 146 valence electrons. The Morgan fingerprint density at radius 3 is 2.79 bits per heavy atom. The predicted octanol–water partition coefficient (Wildman–Crippen LogP) is 2.21. The van der Waals surface area contributed by atoms with Gasteiger partial charge in [-0.25, -0.2) is 0 Å². The van der Waals surface area contributed by atoms with Crippen LogP contribution in [-0.2, 0) is 16.0 Å². The quantitative estimate of drug-likeness (QED) is 0.693. The number of rotatable bonds is 1. The van der Waals surface area contributed by atoms with Crippen LogP contribution in [0.1, 0.15) is 22.9 Å². The zero-order chi connectivity index (χ0) is 19.7. The molecular weight excluding hydrogens is 370 g/mol. The SMILES string of the molecule is CN1CC(=O)N2[C@@H](c3ccc4c(c3)OCO4)c3[nH]c4ccccc4c3C[C@@H]2C1=O. The fourth-order valence-electron chi connectivity index (χ4n) is 4.84. The first-order chi connectivity index (χ1) is 14.1. The highest BCUT2D eigenvalue weighted by atomic mass is 16.7. The lowest BCUT2D eigenvalue weighted by molar-refractivity contribution is -0.157. The molecule has 7 heteroatoms. The number of amides is 2. The van der Waals surface area contributed by atoms with Crippen molar-refractivity contribution in [3.05, 3.63) is 59.3 Å². The zero-order valence-electron chi connectivity index (χ0n) is 15.8. The highest BCUT2D eigenvalue weighted by molar-refractivity contribution is 5.97. The third-order valence-electron chi connectivity index (χ3n) is 6.17. The minimum atomic E-state index is -0.511. The normalized spacial score (nSPS) is 22.8. The molecule has 2 aromatic carbocycles. The van der Waals surface area contributed by atoms with Crippen LogP contribution in [0.25, 0.3) is 10.9 Å². The molecule has 3 aliphatic heterocycles. The fourth-order valence-corrected chi connectivity index (χ4v) is 4.84. The van der Waals surface area contributed by atoms with Crippen molar-refractivity contribution in [1.29, 1.82) is 0 Å². The summed E-state index contributed by atoms with van der Waals surface area (Å²) in [6.07, 6.45) is 0.509. The van der Waals surface area contributed by atoms with Crippen molar-refractivity contribution in [3.8, 4) is 11.5 Å². The zero-order valence-corrected chi connectivity index (χ0v) is 15.8. The molecule has 2 atom stereocenters. The Balaban J connectivity index is 1.59. The number of likely N-dealkylation sites (N-methyl/N-ethyl adjacent to an activating group) is 1. The van der Waals surface area contributed by atoms with Crippen LogP contribution >= 0.6 is 0 Å². The van der Waals surface area contributed by atoms with E-state index in [1.807, 2.05) is 36.4 Å². The van der Waals surface area contributed by atoms with Crippen LogP contribution in [0.4, 0.5) is 0 Å². The first-order valence-electron chi connectivity index (χ1n) is 9.67. The van der Waals surface area contributed by atoms with Crippen molar-refractivity contribution in [2.75, 3.05) is 20.4 Å². The third kappa shape index (κ3) is 2.24. The number of benzene rings is 2. The Morgan fingerprint density at radius 2 is 1.90 bits per heavy atom. The predicted molar refractivity (Wildman–Crippen MR) is 105 cm³/mol. The Hall–Kier alpha value is -3.48. The number of H-pyrrole nitrogens is 1. The van der Waals surface area contributed by atoms with Gasteiger partial charge in [0.15, 0.2) is 11.5 Å². The molecule has 7 nitrogen and oxygen atoms in total. The molecule has 1 aromatic heterocycles. The number of nitrogens with zero attached hydrogens (tertiary/aromatic N) is 2. The van der Waals surface area contributed by atoms with Crippen molar-refractivity contribution in [2.24, 2.45) is 0 Å². The van der Waals surface area contributed by atoms with Crippen molar-refractivity contribution in [3.63, 3.8) is 0 Å². The van der Waals surface area contributed by atoms with E-state index < -0.39 is 6.04 Å². The van der Waals surface area contributed by atoms with Crippen molar-refractivity contribution in [2.45, 2.75) is 18.5 Å². The number of fused-ring (bicyclic) bond motifs is 5. The second-order valence-corrected chi connectivity index (χ2v) is 7.79. The summed E-state index contributed by atoms with van der Waals surface area (Å²) in [6, 6.07) is 12.9. The maximum atomic E-state index is 13.1. The molecule has 0 unspecified atom stereocenters. The minimum Gasteiger partial charge on any atom is -0.454 e. The fraction of sp³-hybridized carbons (Fsp3) is 0.273. The molecule has 0 saturated carbocycles. The van der Waals surface area contributed by atoms with Crippen molar-refractivity contribution < 1.29 is 19.1 Å². The number of carbonyl (C=O) groups excluding carboxylic acids is 2. The van der Waals surface area contributed by atoms with Gasteiger partial charge in [0.25, 0.3) is 0 Å². The van der Waals surface area contributed by atoms with Crippen LogP contribution in [-0.4, -0.2) is 53.0 Å². The maximum Gasteiger partial charge on any atom is 0.245 e. The van der Waals surface area contributed by atoms with E-state index in [0.717, 1.165) is 27.7 Å². The number of aromatic nitrogens is 1. The van der Waals surface area contributed by atoms with Crippen LogP contribution < -0.4 is 9.47 Å². The van der Waals surface area contributed by atoms with Crippen molar-refractivity contribution >= 4 is 22.7 Å². The van der Waals surface area contributed by atoms with Gasteiger partial charge in [-0.1, -0.05) is 24.3 Å². The lowest BCUT2D eigenvalue weighted by Gasteiger charge is -2.46. The Morgan fingerprint density at radius 1 is 1.07 bits per heavy atom. The second kappa shape index (κ2) is 5.76. The minimum absolute atomic E-state index is 0.0220. The van der Waals surface area contributed by atoms with Crippen LogP contribution in [0, 0.1) is 0 Å². The number of carbonyl (C=O) groups is 2. The summed E-state index contributed by atoms with van der Waals surface area (Å²) in [4.78, 5) is 32.9. The Bertz CT molecular complexity index is 1180. The summed E-state index contributed by atoms with van der Waals surface area (Å²) in [5.41, 5.74) is 3.97. The van der Waals surface area contributed by atoms with Gasteiger partial charge in [0.2, 0.25) is 18.6 Å². The Kier molecular flexibility index (Phi) is 3.27. The van der Waals surface area contributed by atoms with Crippen LogP contribution in [0.2, 0.25) is 0 Å². The van der Waals surface area contributed by atoms with Gasteiger partial charge in [-0.05, 0) is 29.3 Å². The van der Waals surface area contributed by atoms with E-state index >= 15 is 0 Å². The van der Waals surface area contributed by atoms with E-state index in [2.05, 4.69) is 11.1 Å². The smallest absolute Gasteiger partial charge is 0.245 e. The van der Waals surface area contributed by atoms with Gasteiger partial charge in [0.05, 0.1) is 12.6 Å². The first kappa shape index (κ1) is 16.5. The monoisotopic (exact) mass is 389 g/mol. The summed E-state index contributed by atoms with van der Waals surface area (Å²) in [5, 5.41) is 1.10. The van der Waals surface area contributed by atoms with Gasteiger partial charge in [-0.3, -0.25) is 9.59 Å². The average molecular weight is 389 g/mol. The van der Waals surface area contributed by atoms with Gasteiger partial charge >= 0.3 is 0 Å². The molecule has 29 heavy (non-hydrogen) atoms. The lowest BCUT2D eigenvalue weighted by Crippen LogP contribution is -2.62. The molecule has 1 saturated heterocycles. The van der Waals surface area contributed by atoms with Gasteiger partial charge in [-0.2, -0.15) is 0 Å². The number of piperazine rings is 1. The molecule has 6 rings (SSSR count). The molecule has 0 bridgehead atoms. The molecule has 0 aliphatic carbocycles. The summed E-state index contributed by atoms with van der Waals surface area (Å²) in [7, 11) is 1.69. The highest BCUT2D eigenvalue weighted by Crippen LogP contribution is 2.44. The molecule has 0 spiro atoms. The van der Waals surface area contributed by atoms with Gasteiger partial charge < -0.3 is 24.3 Å². The molecule has 1 N–H and O–H groups in total. The molecule has 4 heterocycles. The molecule has 3 aliphatic rings. The number of hydrogen-bond acceptors (Lipinski definition) is 4. The van der Waals surface area contributed by atoms with E-state index in [-0.39, 0.29) is 31.2 Å². The van der Waals surface area contributed by atoms with E-state index in [1.165, 1.54) is 4.90 Å². The first-order valence-corrected chi connectivity index (χ1v) is 9.67. The summed E-state index contributed by atoms with van der Waals surface area (Å²) in [6.45, 7) is 0.279. The van der Waals surface area contributed by atoms with Crippen molar-refractivity contribution in [1.82, 2.24) is 14.8 Å². The van der Waals surface area contributed by atoms with E-state index in [9.17, 15) is 9.59 Å². The van der Waals surface area contributed by atoms with Crippen LogP contribution in [0.3, 0.4) is 0 Å². The van der Waals surface area contributed by atoms with Gasteiger partial charge in [0.1, 0.15) is 6.04 Å². The maximum absolute atomic E-state index is 13.1. The summed E-state index contributed by atoms with van der Waals surface area (Å²) >= 11 is 0. The summed E-state index contributed by atoms with van der Waals surface area (Å²) in [5.74, 6) is 1.28. The van der Waals surface area contributed by atoms with E-state index in [4.69, 9.17) is 9.47 Å². The summed E-state index contributed by atoms with van der Waals surface area (Å²) < 4.78 is 11.0. The van der Waals surface area contributed by atoms with Gasteiger partial charge in [-0.15, -0.1) is 0 Å². The molecular formula is C22H19N3O4. The third-order valence-corrected chi connectivity index (χ3v) is 6.17. The number of hydrogen-bond donors (Lipinski definition) is 1. The van der Waals surface area contributed by atoms with Gasteiger partial charge in [0, 0.05) is 30.1 Å². The molecule has 0 radical (unpaired) electrons. The van der Waals surface area contributed by atoms with Crippen LogP contribution in [0.5, 0.6) is 11.5 Å². The van der Waals surface area contributed by atoms with E-state index in [0.29, 0.717) is 17.9 Å². The number of aromatic amines is 1. The largest absolute Gasteiger partial charge is 0.454 e. The highest BCUT2D eigenvalue weighted by Gasteiger charge is 2.47. The topological polar surface area (TPSA) is 74.9 Å². The standard InChI is InChI=1S/C22H19N3O4/c1-24-10-19(26)25-16(22(24)27)9-14-13-4-2-3-5-15(13)23-20(14)21(25)12-6-7-17-18(8-12)29-11-28-17/h2-8,16,21,23H,9-11H2,1H3/t16-,21+/m1/s1.